The minimum Gasteiger partial charge on any atom is -0.457 e. The standard InChI is InChI=1S/C32H16N2O2S/c1-33-23-11-7-15-27-30(23)31(35)22-16-21-20-10-6-14-26(32(20)37-29(21)17-28(22)36-27)34-24-12-4-2-8-18(24)19-9-3-5-13-25(19)34/h2-17H. The fraction of sp³-hybridized carbons (Fsp3) is 0. The quantitative estimate of drug-likeness (QED) is 0.169. The fourth-order valence-electron chi connectivity index (χ4n) is 5.61. The molecule has 0 amide bonds. The predicted molar refractivity (Wildman–Crippen MR) is 153 cm³/mol. The van der Waals surface area contributed by atoms with Crippen LogP contribution in [-0.4, -0.2) is 4.57 Å². The summed E-state index contributed by atoms with van der Waals surface area (Å²) in [7, 11) is 0. The lowest BCUT2D eigenvalue weighted by molar-refractivity contribution is 0.661. The van der Waals surface area contributed by atoms with E-state index in [1.807, 2.05) is 12.1 Å². The Balaban J connectivity index is 1.50. The summed E-state index contributed by atoms with van der Waals surface area (Å²) in [6.45, 7) is 7.50. The highest BCUT2D eigenvalue weighted by molar-refractivity contribution is 7.26. The average molecular weight is 493 g/mol. The van der Waals surface area contributed by atoms with Crippen molar-refractivity contribution in [3.8, 4) is 5.69 Å². The Morgan fingerprint density at radius 1 is 0.703 bits per heavy atom. The molecule has 0 saturated heterocycles. The second-order valence-corrected chi connectivity index (χ2v) is 10.2. The molecule has 3 aromatic heterocycles. The Bertz CT molecular complexity index is 2290. The number of hydrogen-bond acceptors (Lipinski definition) is 3. The molecular weight excluding hydrogens is 476 g/mol. The Kier molecular flexibility index (Phi) is 4.00. The zero-order valence-electron chi connectivity index (χ0n) is 19.4. The molecule has 0 atom stereocenters. The van der Waals surface area contributed by atoms with Gasteiger partial charge in [0, 0.05) is 26.2 Å². The number of hydrogen-bond donors (Lipinski definition) is 0. The minimum atomic E-state index is -0.164. The van der Waals surface area contributed by atoms with E-state index in [9.17, 15) is 4.79 Å². The molecule has 4 nitrogen and oxygen atoms in total. The molecule has 0 saturated carbocycles. The van der Waals surface area contributed by atoms with Gasteiger partial charge in [0.2, 0.25) is 5.69 Å². The SMILES string of the molecule is [C-]#[N+]c1cccc2oc3cc4sc5c(-n6c7ccccc7c7ccccc76)cccc5c4cc3c(=O)c12. The smallest absolute Gasteiger partial charge is 0.201 e. The summed E-state index contributed by atoms with van der Waals surface area (Å²) >= 11 is 1.71. The second-order valence-electron chi connectivity index (χ2n) is 9.16. The van der Waals surface area contributed by atoms with Crippen LogP contribution in [0.2, 0.25) is 0 Å². The van der Waals surface area contributed by atoms with Crippen molar-refractivity contribution in [2.24, 2.45) is 0 Å². The molecule has 0 bridgehead atoms. The number of para-hydroxylation sites is 2. The van der Waals surface area contributed by atoms with Gasteiger partial charge in [-0.05, 0) is 36.4 Å². The normalized spacial score (nSPS) is 11.9. The molecule has 0 aliphatic rings. The summed E-state index contributed by atoms with van der Waals surface area (Å²) < 4.78 is 10.7. The van der Waals surface area contributed by atoms with E-state index in [-0.39, 0.29) is 5.43 Å². The molecule has 0 aliphatic heterocycles. The lowest BCUT2D eigenvalue weighted by atomic mass is 10.1. The highest BCUT2D eigenvalue weighted by Crippen LogP contribution is 2.42. The van der Waals surface area contributed by atoms with E-state index in [1.54, 1.807) is 29.5 Å². The van der Waals surface area contributed by atoms with Gasteiger partial charge in [-0.3, -0.25) is 4.79 Å². The van der Waals surface area contributed by atoms with Gasteiger partial charge in [-0.1, -0.05) is 60.7 Å². The van der Waals surface area contributed by atoms with Gasteiger partial charge in [-0.15, -0.1) is 11.3 Å². The molecule has 3 heterocycles. The van der Waals surface area contributed by atoms with E-state index in [1.165, 1.54) is 10.8 Å². The molecule has 5 aromatic carbocycles. The zero-order valence-corrected chi connectivity index (χ0v) is 20.2. The largest absolute Gasteiger partial charge is 0.457 e. The van der Waals surface area contributed by atoms with Crippen LogP contribution < -0.4 is 5.43 Å². The van der Waals surface area contributed by atoms with Crippen LogP contribution in [0.25, 0.3) is 74.4 Å². The molecule has 0 N–H and O–H groups in total. The third-order valence-corrected chi connectivity index (χ3v) is 8.41. The molecule has 0 aliphatic carbocycles. The van der Waals surface area contributed by atoms with Crippen molar-refractivity contribution >= 4 is 80.9 Å². The van der Waals surface area contributed by atoms with Crippen LogP contribution in [0, 0.1) is 6.57 Å². The molecule has 0 spiro atoms. The maximum Gasteiger partial charge on any atom is 0.201 e. The fourth-order valence-corrected chi connectivity index (χ4v) is 6.83. The van der Waals surface area contributed by atoms with E-state index in [2.05, 4.69) is 76.1 Å². The topological polar surface area (TPSA) is 39.5 Å². The van der Waals surface area contributed by atoms with Gasteiger partial charge in [-0.25, -0.2) is 4.85 Å². The van der Waals surface area contributed by atoms with Crippen LogP contribution in [0.15, 0.2) is 106 Å². The summed E-state index contributed by atoms with van der Waals surface area (Å²) in [5, 5.41) is 5.40. The van der Waals surface area contributed by atoms with Gasteiger partial charge in [0.1, 0.15) is 11.2 Å². The Labute approximate surface area is 214 Å². The number of fused-ring (bicyclic) bond motifs is 8. The van der Waals surface area contributed by atoms with Crippen LogP contribution in [0.5, 0.6) is 0 Å². The Morgan fingerprint density at radius 2 is 1.41 bits per heavy atom. The first-order valence-electron chi connectivity index (χ1n) is 11.9. The third-order valence-electron chi connectivity index (χ3n) is 7.22. The van der Waals surface area contributed by atoms with Gasteiger partial charge in [0.15, 0.2) is 5.43 Å². The molecule has 8 rings (SSSR count). The summed E-state index contributed by atoms with van der Waals surface area (Å²) in [6, 6.07) is 32.4. The molecule has 0 unspecified atom stereocenters. The third kappa shape index (κ3) is 2.68. The number of nitrogens with zero attached hydrogens (tertiary/aromatic N) is 2. The number of rotatable bonds is 1. The number of thiophene rings is 1. The first-order valence-corrected chi connectivity index (χ1v) is 12.8. The van der Waals surface area contributed by atoms with E-state index < -0.39 is 0 Å². The first-order chi connectivity index (χ1) is 18.2. The van der Waals surface area contributed by atoms with Gasteiger partial charge < -0.3 is 8.98 Å². The van der Waals surface area contributed by atoms with Crippen molar-refractivity contribution in [1.82, 2.24) is 4.57 Å². The Hall–Kier alpha value is -4.92. The first kappa shape index (κ1) is 20.3. The van der Waals surface area contributed by atoms with Gasteiger partial charge in [-0.2, -0.15) is 0 Å². The zero-order chi connectivity index (χ0) is 24.7. The lowest BCUT2D eigenvalue weighted by Crippen LogP contribution is -2.02. The molecule has 0 fully saturated rings. The van der Waals surface area contributed by atoms with Crippen molar-refractivity contribution in [2.75, 3.05) is 0 Å². The molecule has 172 valence electrons. The summed E-state index contributed by atoms with van der Waals surface area (Å²) in [4.78, 5) is 17.1. The number of aromatic nitrogens is 1. The number of benzene rings is 5. The van der Waals surface area contributed by atoms with Gasteiger partial charge in [0.25, 0.3) is 0 Å². The van der Waals surface area contributed by atoms with Crippen LogP contribution >= 0.6 is 11.3 Å². The van der Waals surface area contributed by atoms with Crippen molar-refractivity contribution in [1.29, 1.82) is 0 Å². The van der Waals surface area contributed by atoms with Crippen LogP contribution in [0.1, 0.15) is 0 Å². The van der Waals surface area contributed by atoms with E-state index in [0.717, 1.165) is 36.9 Å². The minimum absolute atomic E-state index is 0.164. The van der Waals surface area contributed by atoms with Crippen molar-refractivity contribution in [3.63, 3.8) is 0 Å². The van der Waals surface area contributed by atoms with Crippen LogP contribution in [0.4, 0.5) is 5.69 Å². The van der Waals surface area contributed by atoms with Crippen LogP contribution in [0.3, 0.4) is 0 Å². The Morgan fingerprint density at radius 3 is 2.16 bits per heavy atom. The van der Waals surface area contributed by atoms with Crippen molar-refractivity contribution in [3.05, 3.63) is 119 Å². The summed E-state index contributed by atoms with van der Waals surface area (Å²) in [6.07, 6.45) is 0. The molecule has 8 aromatic rings. The second kappa shape index (κ2) is 7.30. The van der Waals surface area contributed by atoms with Crippen molar-refractivity contribution < 1.29 is 4.42 Å². The maximum absolute atomic E-state index is 13.5. The average Bonchev–Trinajstić information content (AvgIpc) is 3.47. The monoisotopic (exact) mass is 492 g/mol. The van der Waals surface area contributed by atoms with E-state index in [4.69, 9.17) is 11.0 Å². The van der Waals surface area contributed by atoms with Crippen molar-refractivity contribution in [2.45, 2.75) is 0 Å². The highest BCUT2D eigenvalue weighted by Gasteiger charge is 2.18. The lowest BCUT2D eigenvalue weighted by Gasteiger charge is -2.09. The summed E-state index contributed by atoms with van der Waals surface area (Å²) in [5.74, 6) is 0. The predicted octanol–water partition coefficient (Wildman–Crippen LogP) is 8.96. The molecular formula is C32H16N2O2S. The van der Waals surface area contributed by atoms with Crippen LogP contribution in [-0.2, 0) is 0 Å². The molecule has 0 radical (unpaired) electrons. The molecule has 5 heteroatoms. The highest BCUT2D eigenvalue weighted by atomic mass is 32.1. The van der Waals surface area contributed by atoms with Gasteiger partial charge in [0.05, 0.1) is 38.8 Å². The maximum atomic E-state index is 13.5. The summed E-state index contributed by atoms with van der Waals surface area (Å²) in [5.41, 5.74) is 4.57. The van der Waals surface area contributed by atoms with Gasteiger partial charge >= 0.3 is 0 Å². The molecule has 37 heavy (non-hydrogen) atoms. The van der Waals surface area contributed by atoms with E-state index in [0.29, 0.717) is 27.6 Å². The van der Waals surface area contributed by atoms with E-state index >= 15 is 0 Å².